The molecule has 1 fully saturated rings. The molecular formula is C21H21FN4OS. The highest BCUT2D eigenvalue weighted by atomic mass is 32.1. The molecule has 144 valence electrons. The maximum absolute atomic E-state index is 14.1. The summed E-state index contributed by atoms with van der Waals surface area (Å²) in [6.07, 6.45) is 1.89. The number of aryl methyl sites for hydroxylation is 1. The first-order valence-electron chi connectivity index (χ1n) is 9.28. The summed E-state index contributed by atoms with van der Waals surface area (Å²) in [5, 5.41) is 7.10. The molecule has 0 spiro atoms. The van der Waals surface area contributed by atoms with Crippen LogP contribution in [-0.2, 0) is 17.9 Å². The normalized spacial score (nSPS) is 13.5. The van der Waals surface area contributed by atoms with Crippen molar-refractivity contribution in [2.75, 3.05) is 0 Å². The van der Waals surface area contributed by atoms with Gasteiger partial charge in [-0.25, -0.2) is 4.39 Å². The number of halogens is 1. The first kappa shape index (κ1) is 18.6. The summed E-state index contributed by atoms with van der Waals surface area (Å²) in [7, 11) is 0. The van der Waals surface area contributed by atoms with Crippen molar-refractivity contribution >= 4 is 18.1 Å². The van der Waals surface area contributed by atoms with Gasteiger partial charge in [0.1, 0.15) is 12.4 Å². The number of amides is 1. The minimum absolute atomic E-state index is 0.0730. The van der Waals surface area contributed by atoms with Gasteiger partial charge < -0.3 is 4.90 Å². The number of hydrogen-bond acceptors (Lipinski definition) is 3. The number of nitrogens with one attached hydrogen (secondary N) is 1. The Morgan fingerprint density at radius 1 is 1.29 bits per heavy atom. The van der Waals surface area contributed by atoms with Gasteiger partial charge in [-0.15, -0.1) is 0 Å². The average molecular weight is 396 g/mol. The summed E-state index contributed by atoms with van der Waals surface area (Å²) < 4.78 is 16.2. The third-order valence-corrected chi connectivity index (χ3v) is 5.25. The Kier molecular flexibility index (Phi) is 5.09. The van der Waals surface area contributed by atoms with Crippen molar-refractivity contribution in [3.63, 3.8) is 0 Å². The number of aromatic amines is 1. The number of rotatable bonds is 6. The fourth-order valence-electron chi connectivity index (χ4n) is 3.31. The van der Waals surface area contributed by atoms with Crippen LogP contribution in [0.3, 0.4) is 0 Å². The van der Waals surface area contributed by atoms with E-state index in [0.29, 0.717) is 16.2 Å². The van der Waals surface area contributed by atoms with Crippen LogP contribution in [-0.4, -0.2) is 31.6 Å². The Morgan fingerprint density at radius 2 is 2.07 bits per heavy atom. The van der Waals surface area contributed by atoms with Gasteiger partial charge in [0, 0.05) is 23.7 Å². The van der Waals surface area contributed by atoms with Crippen LogP contribution >= 0.6 is 12.2 Å². The number of benzene rings is 2. The van der Waals surface area contributed by atoms with E-state index >= 15 is 0 Å². The van der Waals surface area contributed by atoms with E-state index in [2.05, 4.69) is 10.2 Å². The molecule has 28 heavy (non-hydrogen) atoms. The lowest BCUT2D eigenvalue weighted by atomic mass is 10.1. The van der Waals surface area contributed by atoms with Crippen molar-refractivity contribution in [3.05, 3.63) is 70.2 Å². The number of carbonyl (C=O) groups excluding carboxylic acids is 1. The molecule has 1 saturated carbocycles. The number of H-pyrrole nitrogens is 1. The van der Waals surface area contributed by atoms with Crippen LogP contribution in [0.1, 0.15) is 24.0 Å². The molecule has 1 aliphatic carbocycles. The van der Waals surface area contributed by atoms with Crippen molar-refractivity contribution in [3.8, 4) is 11.4 Å². The number of hydrogen-bond donors (Lipinski definition) is 1. The zero-order chi connectivity index (χ0) is 19.7. The predicted octanol–water partition coefficient (Wildman–Crippen LogP) is 4.25. The van der Waals surface area contributed by atoms with Gasteiger partial charge >= 0.3 is 0 Å². The monoisotopic (exact) mass is 396 g/mol. The number of nitrogens with zero attached hydrogens (tertiary/aromatic N) is 3. The van der Waals surface area contributed by atoms with Gasteiger partial charge in [0.2, 0.25) is 5.91 Å². The largest absolute Gasteiger partial charge is 0.334 e. The van der Waals surface area contributed by atoms with Crippen LogP contribution in [0.25, 0.3) is 11.4 Å². The fourth-order valence-corrected chi connectivity index (χ4v) is 3.51. The third-order valence-electron chi connectivity index (χ3n) is 4.93. The molecule has 3 aromatic rings. The summed E-state index contributed by atoms with van der Waals surface area (Å²) >= 11 is 5.36. The van der Waals surface area contributed by atoms with Crippen molar-refractivity contribution < 1.29 is 9.18 Å². The quantitative estimate of drug-likeness (QED) is 0.634. The lowest BCUT2D eigenvalue weighted by Gasteiger charge is -2.23. The molecule has 2 aromatic carbocycles. The molecule has 0 aliphatic heterocycles. The summed E-state index contributed by atoms with van der Waals surface area (Å²) in [5.41, 5.74) is 2.52. The second-order valence-electron chi connectivity index (χ2n) is 7.15. The fraction of sp³-hybridized carbons (Fsp3) is 0.286. The van der Waals surface area contributed by atoms with Gasteiger partial charge in [-0.1, -0.05) is 42.0 Å². The summed E-state index contributed by atoms with van der Waals surface area (Å²) in [6.45, 7) is 2.34. The summed E-state index contributed by atoms with van der Waals surface area (Å²) in [5.74, 6) is 0.252. The minimum Gasteiger partial charge on any atom is -0.334 e. The van der Waals surface area contributed by atoms with Crippen LogP contribution in [0.15, 0.2) is 48.5 Å². The first-order valence-corrected chi connectivity index (χ1v) is 9.69. The van der Waals surface area contributed by atoms with E-state index in [-0.39, 0.29) is 30.9 Å². The van der Waals surface area contributed by atoms with Gasteiger partial charge in [-0.3, -0.25) is 14.5 Å². The molecule has 4 rings (SSSR count). The molecule has 1 aromatic heterocycles. The van der Waals surface area contributed by atoms with Gasteiger partial charge in [-0.2, -0.15) is 5.10 Å². The van der Waals surface area contributed by atoms with E-state index in [4.69, 9.17) is 12.2 Å². The summed E-state index contributed by atoms with van der Waals surface area (Å²) in [4.78, 5) is 14.9. The SMILES string of the molecule is Cc1cccc(-c2n[nH]c(=S)n2CC(=O)N(Cc2ccccc2F)C2CC2)c1. The van der Waals surface area contributed by atoms with Gasteiger partial charge in [0.15, 0.2) is 10.6 Å². The number of aromatic nitrogens is 3. The van der Waals surface area contributed by atoms with Crippen LogP contribution in [0.2, 0.25) is 0 Å². The predicted molar refractivity (Wildman–Crippen MR) is 108 cm³/mol. The topological polar surface area (TPSA) is 53.9 Å². The van der Waals surface area contributed by atoms with Crippen molar-refractivity contribution in [2.24, 2.45) is 0 Å². The minimum atomic E-state index is -0.290. The third kappa shape index (κ3) is 3.89. The highest BCUT2D eigenvalue weighted by Gasteiger charge is 2.33. The molecule has 7 heteroatoms. The zero-order valence-corrected chi connectivity index (χ0v) is 16.4. The Hall–Kier alpha value is -2.80. The standard InChI is InChI=1S/C21H21FN4OS/c1-14-5-4-7-15(11-14)20-23-24-21(28)26(20)13-19(27)25(17-9-10-17)12-16-6-2-3-8-18(16)22/h2-8,11,17H,9-10,12-13H2,1H3,(H,24,28). The highest BCUT2D eigenvalue weighted by molar-refractivity contribution is 7.71. The molecule has 0 unspecified atom stereocenters. The molecule has 0 atom stereocenters. The van der Waals surface area contributed by atoms with Crippen molar-refractivity contribution in [2.45, 2.75) is 38.9 Å². The van der Waals surface area contributed by atoms with Crippen LogP contribution in [0, 0.1) is 17.5 Å². The Labute approximate surface area is 167 Å². The molecule has 0 bridgehead atoms. The molecule has 0 saturated heterocycles. The first-order chi connectivity index (χ1) is 13.5. The lowest BCUT2D eigenvalue weighted by molar-refractivity contribution is -0.133. The van der Waals surface area contributed by atoms with Crippen LogP contribution < -0.4 is 0 Å². The maximum Gasteiger partial charge on any atom is 0.243 e. The average Bonchev–Trinajstić information content (AvgIpc) is 3.45. The molecule has 1 heterocycles. The Balaban J connectivity index is 1.60. The van der Waals surface area contributed by atoms with Crippen molar-refractivity contribution in [1.82, 2.24) is 19.7 Å². The van der Waals surface area contributed by atoms with E-state index in [0.717, 1.165) is 24.0 Å². The molecule has 5 nitrogen and oxygen atoms in total. The van der Waals surface area contributed by atoms with Gasteiger partial charge in [0.25, 0.3) is 0 Å². The summed E-state index contributed by atoms with van der Waals surface area (Å²) in [6, 6.07) is 14.6. The number of carbonyl (C=O) groups is 1. The van der Waals surface area contributed by atoms with E-state index in [9.17, 15) is 9.18 Å². The molecular weight excluding hydrogens is 375 g/mol. The Bertz CT molecular complexity index is 1070. The van der Waals surface area contributed by atoms with Crippen LogP contribution in [0.5, 0.6) is 0 Å². The van der Waals surface area contributed by atoms with Gasteiger partial charge in [-0.05, 0) is 44.1 Å². The molecule has 1 aliphatic rings. The second kappa shape index (κ2) is 7.67. The van der Waals surface area contributed by atoms with Gasteiger partial charge in [0.05, 0.1) is 0 Å². The smallest absolute Gasteiger partial charge is 0.243 e. The highest BCUT2D eigenvalue weighted by Crippen LogP contribution is 2.29. The van der Waals surface area contributed by atoms with E-state index in [1.54, 1.807) is 27.7 Å². The molecule has 0 radical (unpaired) electrons. The zero-order valence-electron chi connectivity index (χ0n) is 15.6. The van der Waals surface area contributed by atoms with E-state index in [1.807, 2.05) is 31.2 Å². The Morgan fingerprint density at radius 3 is 2.79 bits per heavy atom. The van der Waals surface area contributed by atoms with E-state index in [1.165, 1.54) is 6.07 Å². The van der Waals surface area contributed by atoms with Crippen LogP contribution in [0.4, 0.5) is 4.39 Å². The second-order valence-corrected chi connectivity index (χ2v) is 7.54. The molecule has 1 N–H and O–H groups in total. The van der Waals surface area contributed by atoms with Crippen molar-refractivity contribution in [1.29, 1.82) is 0 Å². The van der Waals surface area contributed by atoms with E-state index < -0.39 is 0 Å². The maximum atomic E-state index is 14.1. The molecule has 1 amide bonds. The lowest BCUT2D eigenvalue weighted by Crippen LogP contribution is -2.35.